The van der Waals surface area contributed by atoms with E-state index in [-0.39, 0.29) is 6.10 Å². The maximum absolute atomic E-state index is 12.4. The lowest BCUT2D eigenvalue weighted by Crippen LogP contribution is -2.41. The van der Waals surface area contributed by atoms with Gasteiger partial charge in [0.1, 0.15) is 0 Å². The van der Waals surface area contributed by atoms with Gasteiger partial charge in [0.15, 0.2) is 5.96 Å². The van der Waals surface area contributed by atoms with Crippen LogP contribution in [0.2, 0.25) is 0 Å². The number of β-amino-alcohol motifs (C(OH)–C–C–N with tert-alkyl or cyclic N) is 1. The zero-order valence-electron chi connectivity index (χ0n) is 14.4. The molecule has 1 atom stereocenters. The van der Waals surface area contributed by atoms with Gasteiger partial charge in [0.05, 0.1) is 12.6 Å². The molecule has 0 aromatic carbocycles. The average molecular weight is 350 g/mol. The summed E-state index contributed by atoms with van der Waals surface area (Å²) in [6.07, 6.45) is -1.09. The predicted octanol–water partition coefficient (Wildman–Crippen LogP) is 1.68. The quantitative estimate of drug-likeness (QED) is 0.585. The summed E-state index contributed by atoms with van der Waals surface area (Å²) in [5.41, 5.74) is 0. The van der Waals surface area contributed by atoms with Gasteiger partial charge in [-0.05, 0) is 51.6 Å². The minimum Gasteiger partial charge on any atom is -0.391 e. The van der Waals surface area contributed by atoms with Gasteiger partial charge in [0.2, 0.25) is 0 Å². The first kappa shape index (κ1) is 19.3. The van der Waals surface area contributed by atoms with Gasteiger partial charge in [-0.15, -0.1) is 0 Å². The summed E-state index contributed by atoms with van der Waals surface area (Å²) in [5.74, 6) is 1.29. The SMILES string of the molecule is CCNC(=NCCC1CCN(CC(F)(F)F)CC1)N1CC[C@@H](O)C1. The van der Waals surface area contributed by atoms with Crippen molar-refractivity contribution < 1.29 is 18.3 Å². The van der Waals surface area contributed by atoms with Crippen molar-refractivity contribution in [3.63, 3.8) is 0 Å². The Hall–Kier alpha value is -1.02. The zero-order chi connectivity index (χ0) is 17.6. The fourth-order valence-corrected chi connectivity index (χ4v) is 3.40. The van der Waals surface area contributed by atoms with Gasteiger partial charge in [-0.25, -0.2) is 0 Å². The smallest absolute Gasteiger partial charge is 0.391 e. The minimum atomic E-state index is -4.10. The van der Waals surface area contributed by atoms with Gasteiger partial charge in [0, 0.05) is 26.2 Å². The van der Waals surface area contributed by atoms with E-state index < -0.39 is 12.7 Å². The van der Waals surface area contributed by atoms with E-state index in [1.165, 1.54) is 4.90 Å². The number of aliphatic hydroxyl groups is 1. The molecule has 0 bridgehead atoms. The van der Waals surface area contributed by atoms with Crippen LogP contribution < -0.4 is 5.32 Å². The molecular formula is C16H29F3N4O. The first-order valence-electron chi connectivity index (χ1n) is 8.88. The monoisotopic (exact) mass is 350 g/mol. The molecule has 0 aromatic heterocycles. The molecule has 8 heteroatoms. The van der Waals surface area contributed by atoms with E-state index in [4.69, 9.17) is 0 Å². The van der Waals surface area contributed by atoms with Crippen molar-refractivity contribution in [3.8, 4) is 0 Å². The van der Waals surface area contributed by atoms with Crippen LogP contribution in [0.25, 0.3) is 0 Å². The number of rotatable bonds is 5. The molecule has 0 radical (unpaired) electrons. The average Bonchev–Trinajstić information content (AvgIpc) is 2.93. The van der Waals surface area contributed by atoms with Gasteiger partial charge in [0.25, 0.3) is 0 Å². The van der Waals surface area contributed by atoms with Crippen LogP contribution in [-0.2, 0) is 0 Å². The number of alkyl halides is 3. The number of nitrogens with one attached hydrogen (secondary N) is 1. The number of aliphatic hydroxyl groups excluding tert-OH is 1. The van der Waals surface area contributed by atoms with Crippen molar-refractivity contribution in [3.05, 3.63) is 0 Å². The third kappa shape index (κ3) is 6.47. The van der Waals surface area contributed by atoms with Crippen LogP contribution in [0.3, 0.4) is 0 Å². The second kappa shape index (κ2) is 8.89. The lowest BCUT2D eigenvalue weighted by atomic mass is 9.93. The van der Waals surface area contributed by atoms with Crippen LogP contribution >= 0.6 is 0 Å². The Morgan fingerprint density at radius 1 is 1.21 bits per heavy atom. The van der Waals surface area contributed by atoms with Crippen LogP contribution in [0, 0.1) is 5.92 Å². The number of halogens is 3. The van der Waals surface area contributed by atoms with E-state index in [0.717, 1.165) is 44.7 Å². The van der Waals surface area contributed by atoms with Crippen molar-refractivity contribution >= 4 is 5.96 Å². The van der Waals surface area contributed by atoms with Gasteiger partial charge >= 0.3 is 6.18 Å². The van der Waals surface area contributed by atoms with Gasteiger partial charge in [-0.2, -0.15) is 13.2 Å². The maximum atomic E-state index is 12.4. The van der Waals surface area contributed by atoms with Crippen LogP contribution in [-0.4, -0.2) is 79.0 Å². The first-order valence-corrected chi connectivity index (χ1v) is 8.88. The van der Waals surface area contributed by atoms with Gasteiger partial charge in [-0.3, -0.25) is 9.89 Å². The lowest BCUT2D eigenvalue weighted by Gasteiger charge is -2.32. The van der Waals surface area contributed by atoms with Crippen LogP contribution in [0.5, 0.6) is 0 Å². The highest BCUT2D eigenvalue weighted by molar-refractivity contribution is 5.80. The predicted molar refractivity (Wildman–Crippen MR) is 88.0 cm³/mol. The number of aliphatic imine (C=N–C) groups is 1. The normalized spacial score (nSPS) is 24.6. The summed E-state index contributed by atoms with van der Waals surface area (Å²) in [6.45, 7) is 5.14. The van der Waals surface area contributed by atoms with Gasteiger partial charge < -0.3 is 15.3 Å². The van der Waals surface area contributed by atoms with E-state index in [1.54, 1.807) is 0 Å². The molecule has 2 N–H and O–H groups in total. The third-order valence-corrected chi connectivity index (χ3v) is 4.71. The van der Waals surface area contributed by atoms with E-state index in [9.17, 15) is 18.3 Å². The van der Waals surface area contributed by atoms with Crippen molar-refractivity contribution in [1.29, 1.82) is 0 Å². The molecular weight excluding hydrogens is 321 g/mol. The van der Waals surface area contributed by atoms with Gasteiger partial charge in [-0.1, -0.05) is 0 Å². The standard InChI is InChI=1S/C16H29F3N4O/c1-2-20-15(23-10-6-14(24)11-23)21-7-3-13-4-8-22(9-5-13)12-16(17,18)19/h13-14,24H,2-12H2,1H3,(H,20,21)/t14-/m1/s1. The molecule has 140 valence electrons. The summed E-state index contributed by atoms with van der Waals surface area (Å²) in [5, 5.41) is 12.9. The molecule has 2 fully saturated rings. The summed E-state index contributed by atoms with van der Waals surface area (Å²) < 4.78 is 37.2. The Morgan fingerprint density at radius 2 is 1.92 bits per heavy atom. The van der Waals surface area contributed by atoms with Crippen molar-refractivity contribution in [2.24, 2.45) is 10.9 Å². The number of likely N-dealkylation sites (tertiary alicyclic amines) is 2. The van der Waals surface area contributed by atoms with E-state index in [1.807, 2.05) is 6.92 Å². The van der Waals surface area contributed by atoms with Crippen LogP contribution in [0.1, 0.15) is 32.6 Å². The summed E-state index contributed by atoms with van der Waals surface area (Å²) in [6, 6.07) is 0. The van der Waals surface area contributed by atoms with Crippen molar-refractivity contribution in [1.82, 2.24) is 15.1 Å². The molecule has 0 unspecified atom stereocenters. The maximum Gasteiger partial charge on any atom is 0.401 e. The minimum absolute atomic E-state index is 0.285. The zero-order valence-corrected chi connectivity index (χ0v) is 14.4. The largest absolute Gasteiger partial charge is 0.401 e. The Labute approximate surface area is 141 Å². The molecule has 5 nitrogen and oxygen atoms in total. The highest BCUT2D eigenvalue weighted by Crippen LogP contribution is 2.24. The molecule has 0 aliphatic carbocycles. The number of hydrogen-bond donors (Lipinski definition) is 2. The Kier molecular flexibility index (Phi) is 7.16. The Balaban J connectivity index is 1.72. The Bertz CT molecular complexity index is 409. The second-order valence-electron chi connectivity index (χ2n) is 6.75. The topological polar surface area (TPSA) is 51.1 Å². The molecule has 0 amide bonds. The molecule has 2 heterocycles. The number of guanidine groups is 1. The third-order valence-electron chi connectivity index (χ3n) is 4.71. The number of nitrogens with zero attached hydrogens (tertiary/aromatic N) is 3. The summed E-state index contributed by atoms with van der Waals surface area (Å²) in [4.78, 5) is 8.19. The fraction of sp³-hybridized carbons (Fsp3) is 0.938. The van der Waals surface area contributed by atoms with E-state index in [0.29, 0.717) is 32.1 Å². The summed E-state index contributed by atoms with van der Waals surface area (Å²) >= 11 is 0. The molecule has 0 spiro atoms. The van der Waals surface area contributed by atoms with Crippen molar-refractivity contribution in [2.45, 2.75) is 44.9 Å². The van der Waals surface area contributed by atoms with Crippen LogP contribution in [0.15, 0.2) is 4.99 Å². The van der Waals surface area contributed by atoms with E-state index >= 15 is 0 Å². The molecule has 24 heavy (non-hydrogen) atoms. The van der Waals surface area contributed by atoms with E-state index in [2.05, 4.69) is 15.2 Å². The first-order chi connectivity index (χ1) is 11.4. The highest BCUT2D eigenvalue weighted by Gasteiger charge is 2.32. The molecule has 0 aromatic rings. The molecule has 2 rings (SSSR count). The summed E-state index contributed by atoms with van der Waals surface area (Å²) in [7, 11) is 0. The Morgan fingerprint density at radius 3 is 2.46 bits per heavy atom. The molecule has 0 saturated carbocycles. The number of hydrogen-bond acceptors (Lipinski definition) is 3. The van der Waals surface area contributed by atoms with Crippen LogP contribution in [0.4, 0.5) is 13.2 Å². The fourth-order valence-electron chi connectivity index (χ4n) is 3.40. The number of piperidine rings is 1. The second-order valence-corrected chi connectivity index (χ2v) is 6.75. The molecule has 2 aliphatic heterocycles. The lowest BCUT2D eigenvalue weighted by molar-refractivity contribution is -0.148. The highest BCUT2D eigenvalue weighted by atomic mass is 19.4. The van der Waals surface area contributed by atoms with Crippen molar-refractivity contribution in [2.75, 3.05) is 45.8 Å². The molecule has 2 aliphatic rings. The molecule has 2 saturated heterocycles.